The Balaban J connectivity index is 1.76. The predicted octanol–water partition coefficient (Wildman–Crippen LogP) is 4.27. The summed E-state index contributed by atoms with van der Waals surface area (Å²) in [4.78, 5) is 33.8. The molecule has 0 amide bonds. The molecule has 1 aromatic carbocycles. The molecule has 1 heterocycles. The number of aryl methyl sites for hydroxylation is 2. The normalized spacial score (nSPS) is 22.1. The second kappa shape index (κ2) is 8.27. The van der Waals surface area contributed by atoms with Gasteiger partial charge in [-0.2, -0.15) is 15.5 Å². The first kappa shape index (κ1) is 22.9. The van der Waals surface area contributed by atoms with E-state index in [9.17, 15) is 14.9 Å². The molecule has 3 saturated carbocycles. The molecule has 2 bridgehead atoms. The zero-order chi connectivity index (χ0) is 24.7. The predicted molar refractivity (Wildman–Crippen MR) is 122 cm³/mol. The topological polar surface area (TPSA) is 138 Å². The first-order chi connectivity index (χ1) is 16.1. The van der Waals surface area contributed by atoms with Crippen LogP contribution in [-0.2, 0) is 4.74 Å². The third-order valence-electron chi connectivity index (χ3n) is 6.28. The minimum atomic E-state index is -0.781. The molecule has 172 valence electrons. The monoisotopic (exact) mass is 457 g/mol. The van der Waals surface area contributed by atoms with E-state index in [0.29, 0.717) is 25.0 Å². The molecule has 0 aliphatic heterocycles. The highest BCUT2D eigenvalue weighted by Crippen LogP contribution is 2.67. The fraction of sp³-hybridized carbons (Fsp3) is 0.360. The number of benzene rings is 1. The maximum absolute atomic E-state index is 12.5. The van der Waals surface area contributed by atoms with Crippen LogP contribution in [0.1, 0.15) is 63.7 Å². The van der Waals surface area contributed by atoms with Crippen LogP contribution >= 0.6 is 0 Å². The lowest BCUT2D eigenvalue weighted by molar-refractivity contribution is -0.0665. The second-order valence-electron chi connectivity index (χ2n) is 9.00. The van der Waals surface area contributed by atoms with E-state index in [2.05, 4.69) is 21.4 Å². The zero-order valence-corrected chi connectivity index (χ0v) is 19.4. The number of nitrogens with zero attached hydrogens (tertiary/aromatic N) is 4. The number of hydrogen-bond donors (Lipinski definition) is 1. The number of esters is 1. The number of ketones is 1. The van der Waals surface area contributed by atoms with E-state index in [4.69, 9.17) is 14.7 Å². The Labute approximate surface area is 197 Å². The first-order valence-electron chi connectivity index (χ1n) is 10.7. The maximum atomic E-state index is 12.5. The number of allylic oxidation sites excluding steroid dienone is 1. The van der Waals surface area contributed by atoms with Crippen LogP contribution in [0.2, 0.25) is 0 Å². The SMILES string of the molecule is COC(=O)c1nc(NC23CC(C#N)(C2)C3)nc(Oc2c(C)cc(/C=C/C#N)cc2C)c1C(C)=O. The highest BCUT2D eigenvalue weighted by Gasteiger charge is 2.69. The van der Waals surface area contributed by atoms with Gasteiger partial charge in [0.05, 0.1) is 24.7 Å². The number of rotatable bonds is 7. The Morgan fingerprint density at radius 3 is 2.32 bits per heavy atom. The summed E-state index contributed by atoms with van der Waals surface area (Å²) in [7, 11) is 1.21. The Hall–Kier alpha value is -4.24. The minimum absolute atomic E-state index is 0.0569. The number of methoxy groups -OCH3 is 1. The third kappa shape index (κ3) is 3.86. The van der Waals surface area contributed by atoms with Gasteiger partial charge in [-0.25, -0.2) is 9.78 Å². The van der Waals surface area contributed by atoms with E-state index in [-0.39, 0.29) is 34.0 Å². The molecule has 3 aliphatic carbocycles. The summed E-state index contributed by atoms with van der Waals surface area (Å²) < 4.78 is 11.0. The van der Waals surface area contributed by atoms with Gasteiger partial charge in [0.15, 0.2) is 11.5 Å². The fourth-order valence-corrected chi connectivity index (χ4v) is 4.88. The second-order valence-corrected chi connectivity index (χ2v) is 9.00. The molecule has 0 radical (unpaired) electrons. The van der Waals surface area contributed by atoms with E-state index in [1.807, 2.05) is 32.0 Å². The summed E-state index contributed by atoms with van der Waals surface area (Å²) in [5, 5.41) is 21.3. The summed E-state index contributed by atoms with van der Waals surface area (Å²) in [5.74, 6) is -0.670. The number of nitrogens with one attached hydrogen (secondary N) is 1. The number of anilines is 1. The molecular formula is C25H23N5O4. The van der Waals surface area contributed by atoms with Gasteiger partial charge in [-0.05, 0) is 74.9 Å². The number of nitriles is 2. The number of carbonyl (C=O) groups is 2. The van der Waals surface area contributed by atoms with Gasteiger partial charge in [-0.15, -0.1) is 0 Å². The van der Waals surface area contributed by atoms with E-state index < -0.39 is 11.8 Å². The van der Waals surface area contributed by atoms with Crippen molar-refractivity contribution in [3.63, 3.8) is 0 Å². The molecule has 1 aromatic heterocycles. The molecule has 34 heavy (non-hydrogen) atoms. The van der Waals surface area contributed by atoms with Crippen molar-refractivity contribution in [2.75, 3.05) is 12.4 Å². The van der Waals surface area contributed by atoms with Gasteiger partial charge in [-0.1, -0.05) is 0 Å². The van der Waals surface area contributed by atoms with Crippen LogP contribution in [0.5, 0.6) is 11.6 Å². The van der Waals surface area contributed by atoms with Crippen LogP contribution in [0.25, 0.3) is 6.08 Å². The summed E-state index contributed by atoms with van der Waals surface area (Å²) in [6, 6.07) is 7.99. The minimum Gasteiger partial charge on any atom is -0.464 e. The molecule has 9 heteroatoms. The Morgan fingerprint density at radius 2 is 1.79 bits per heavy atom. The Morgan fingerprint density at radius 1 is 1.15 bits per heavy atom. The van der Waals surface area contributed by atoms with Crippen molar-refractivity contribution in [1.29, 1.82) is 10.5 Å². The lowest BCUT2D eigenvalue weighted by Crippen LogP contribution is -2.70. The van der Waals surface area contributed by atoms with E-state index in [1.54, 1.807) is 6.08 Å². The summed E-state index contributed by atoms with van der Waals surface area (Å²) >= 11 is 0. The summed E-state index contributed by atoms with van der Waals surface area (Å²) in [6.07, 6.45) is 5.09. The van der Waals surface area contributed by atoms with E-state index in [0.717, 1.165) is 16.7 Å². The number of aromatic nitrogens is 2. The number of ether oxygens (including phenoxy) is 2. The zero-order valence-electron chi connectivity index (χ0n) is 19.4. The lowest BCUT2D eigenvalue weighted by Gasteiger charge is -2.66. The van der Waals surface area contributed by atoms with Crippen molar-refractivity contribution in [3.8, 4) is 23.8 Å². The highest BCUT2D eigenvalue weighted by molar-refractivity contribution is 6.06. The average molecular weight is 457 g/mol. The van der Waals surface area contributed by atoms with Gasteiger partial charge in [0.25, 0.3) is 0 Å². The van der Waals surface area contributed by atoms with Gasteiger partial charge in [0, 0.05) is 11.6 Å². The molecule has 0 unspecified atom stereocenters. The van der Waals surface area contributed by atoms with Gasteiger partial charge in [0.2, 0.25) is 11.8 Å². The maximum Gasteiger partial charge on any atom is 0.357 e. The Kier molecular flexibility index (Phi) is 5.58. The van der Waals surface area contributed by atoms with Crippen LogP contribution < -0.4 is 10.1 Å². The van der Waals surface area contributed by atoms with Crippen LogP contribution in [0.15, 0.2) is 18.2 Å². The van der Waals surface area contributed by atoms with E-state index >= 15 is 0 Å². The Bertz CT molecular complexity index is 1290. The van der Waals surface area contributed by atoms with Crippen LogP contribution in [0, 0.1) is 41.9 Å². The molecular weight excluding hydrogens is 434 g/mol. The molecule has 0 atom stereocenters. The van der Waals surface area contributed by atoms with Gasteiger partial charge in [0.1, 0.15) is 11.3 Å². The van der Waals surface area contributed by atoms with Crippen molar-refractivity contribution in [2.24, 2.45) is 5.41 Å². The number of Topliss-reactive ketones (excluding diaryl/α,β-unsaturated/α-hetero) is 1. The van der Waals surface area contributed by atoms with Gasteiger partial charge in [-0.3, -0.25) is 4.79 Å². The van der Waals surface area contributed by atoms with E-state index in [1.165, 1.54) is 20.1 Å². The smallest absolute Gasteiger partial charge is 0.357 e. The molecule has 9 nitrogen and oxygen atoms in total. The lowest BCUT2D eigenvalue weighted by atomic mass is 9.40. The third-order valence-corrected chi connectivity index (χ3v) is 6.28. The van der Waals surface area contributed by atoms with Gasteiger partial charge >= 0.3 is 5.97 Å². The van der Waals surface area contributed by atoms with Crippen LogP contribution in [0.3, 0.4) is 0 Å². The summed E-state index contributed by atoms with van der Waals surface area (Å²) in [6.45, 7) is 4.98. The van der Waals surface area contributed by atoms with Crippen molar-refractivity contribution >= 4 is 23.8 Å². The van der Waals surface area contributed by atoms with Crippen LogP contribution in [-0.4, -0.2) is 34.4 Å². The molecule has 3 aliphatic rings. The largest absolute Gasteiger partial charge is 0.464 e. The molecule has 0 saturated heterocycles. The molecule has 1 N–H and O–H groups in total. The fourth-order valence-electron chi connectivity index (χ4n) is 4.88. The molecule has 0 spiro atoms. The van der Waals surface area contributed by atoms with Crippen molar-refractivity contribution in [2.45, 2.75) is 45.6 Å². The average Bonchev–Trinajstić information content (AvgIpc) is 2.74. The number of carbonyl (C=O) groups excluding carboxylic acids is 2. The highest BCUT2D eigenvalue weighted by atomic mass is 16.5. The quantitative estimate of drug-likeness (QED) is 0.367. The molecule has 3 fully saturated rings. The van der Waals surface area contributed by atoms with Gasteiger partial charge < -0.3 is 14.8 Å². The van der Waals surface area contributed by atoms with Crippen LogP contribution in [0.4, 0.5) is 5.95 Å². The van der Waals surface area contributed by atoms with Crippen molar-refractivity contribution < 1.29 is 19.1 Å². The first-order valence-corrected chi connectivity index (χ1v) is 10.7. The van der Waals surface area contributed by atoms with Crippen molar-refractivity contribution in [1.82, 2.24) is 9.97 Å². The standard InChI is InChI=1S/C25H23N5O4/c1-14-8-17(6-5-7-26)9-15(2)20(14)34-21-18(16(3)31)19(22(32)33-4)28-23(29-21)30-25-10-24(11-25,12-25)13-27/h5-6,8-9H,10-12H2,1-4H3,(H,28,29,30)/b6-5+. The van der Waals surface area contributed by atoms with Crippen molar-refractivity contribution in [3.05, 3.63) is 46.2 Å². The molecule has 5 rings (SSSR count). The summed E-state index contributed by atoms with van der Waals surface area (Å²) in [5.41, 5.74) is 1.51. The number of hydrogen-bond acceptors (Lipinski definition) is 9. The molecule has 2 aromatic rings.